The molecular weight excluding hydrogens is 586 g/mol. The van der Waals surface area contributed by atoms with Crippen LogP contribution in [0.1, 0.15) is 188 Å². The van der Waals surface area contributed by atoms with Crippen molar-refractivity contribution in [3.8, 4) is 0 Å². The number of carbonyl (C=O) groups is 3. The van der Waals surface area contributed by atoms with Gasteiger partial charge < -0.3 is 14.4 Å². The summed E-state index contributed by atoms with van der Waals surface area (Å²) in [4.78, 5) is 39.1. The minimum Gasteiger partial charge on any atom is -0.464 e. The molecule has 274 valence electrons. The molecule has 6 nitrogen and oxygen atoms in total. The van der Waals surface area contributed by atoms with Gasteiger partial charge in [-0.3, -0.25) is 14.4 Å². The molecule has 0 heterocycles. The van der Waals surface area contributed by atoms with Gasteiger partial charge in [-0.1, -0.05) is 155 Å². The Kier molecular flexibility index (Phi) is 33.6. The molecule has 0 saturated carbocycles. The zero-order valence-corrected chi connectivity index (χ0v) is 31.2. The lowest BCUT2D eigenvalue weighted by molar-refractivity contribution is -0.150. The van der Waals surface area contributed by atoms with Crippen molar-refractivity contribution in [1.82, 2.24) is 4.90 Å². The number of carbonyl (C=O) groups excluding carboxylic acids is 3. The van der Waals surface area contributed by atoms with Crippen LogP contribution in [0.2, 0.25) is 0 Å². The van der Waals surface area contributed by atoms with E-state index >= 15 is 0 Å². The van der Waals surface area contributed by atoms with Crippen LogP contribution >= 0.6 is 0 Å². The molecule has 47 heavy (non-hydrogen) atoms. The summed E-state index contributed by atoms with van der Waals surface area (Å²) in [5, 5.41) is 0. The van der Waals surface area contributed by atoms with Gasteiger partial charge in [-0.05, 0) is 51.0 Å². The number of esters is 2. The first-order chi connectivity index (χ1) is 23.0. The standard InChI is InChI=1S/C41H75NO5/c1-5-9-12-15-17-18-19-20-21-22-23-24-25-27-30-33-40(44)46-36-34-42(39(43)8-4)35-37-47-41(45)38(31-28-14-11-7-3)32-29-26-16-13-10-6-2/h8,20-21,38H,4-7,9-19,22-37H2,1-3H3/b21-20-. The topological polar surface area (TPSA) is 72.9 Å². The van der Waals surface area contributed by atoms with Crippen LogP contribution in [0, 0.1) is 5.92 Å². The van der Waals surface area contributed by atoms with Crippen molar-refractivity contribution in [2.24, 2.45) is 5.92 Å². The summed E-state index contributed by atoms with van der Waals surface area (Å²) in [6.45, 7) is 11.1. The highest BCUT2D eigenvalue weighted by atomic mass is 16.5. The van der Waals surface area contributed by atoms with Gasteiger partial charge in [-0.15, -0.1) is 0 Å². The largest absolute Gasteiger partial charge is 0.464 e. The van der Waals surface area contributed by atoms with E-state index in [1.807, 2.05) is 0 Å². The van der Waals surface area contributed by atoms with E-state index in [0.29, 0.717) is 6.42 Å². The average molecular weight is 662 g/mol. The maximum absolute atomic E-state index is 13.0. The molecule has 1 unspecified atom stereocenters. The van der Waals surface area contributed by atoms with Crippen molar-refractivity contribution in [2.45, 2.75) is 188 Å². The fraction of sp³-hybridized carbons (Fsp3) is 0.829. The van der Waals surface area contributed by atoms with Crippen molar-refractivity contribution >= 4 is 17.8 Å². The fourth-order valence-corrected chi connectivity index (χ4v) is 5.89. The van der Waals surface area contributed by atoms with Gasteiger partial charge in [-0.25, -0.2) is 0 Å². The lowest BCUT2D eigenvalue weighted by Gasteiger charge is -2.22. The lowest BCUT2D eigenvalue weighted by Crippen LogP contribution is -2.36. The zero-order valence-electron chi connectivity index (χ0n) is 31.2. The van der Waals surface area contributed by atoms with Crippen LogP contribution in [-0.4, -0.2) is 49.0 Å². The van der Waals surface area contributed by atoms with Crippen molar-refractivity contribution in [3.05, 3.63) is 24.8 Å². The van der Waals surface area contributed by atoms with E-state index in [4.69, 9.17) is 9.47 Å². The van der Waals surface area contributed by atoms with Gasteiger partial charge >= 0.3 is 11.9 Å². The van der Waals surface area contributed by atoms with Crippen LogP contribution in [0.25, 0.3) is 0 Å². The van der Waals surface area contributed by atoms with Crippen molar-refractivity contribution in [2.75, 3.05) is 26.3 Å². The number of unbranched alkanes of at least 4 members (excludes halogenated alkanes) is 19. The number of hydrogen-bond donors (Lipinski definition) is 0. The highest BCUT2D eigenvalue weighted by Gasteiger charge is 2.20. The molecule has 0 N–H and O–H groups in total. The average Bonchev–Trinajstić information content (AvgIpc) is 3.07. The molecule has 1 atom stereocenters. The van der Waals surface area contributed by atoms with E-state index in [2.05, 4.69) is 39.5 Å². The third-order valence-corrected chi connectivity index (χ3v) is 9.00. The predicted octanol–water partition coefficient (Wildman–Crippen LogP) is 11.5. The molecule has 0 aliphatic carbocycles. The first kappa shape index (κ1) is 44.9. The molecule has 6 heteroatoms. The van der Waals surface area contributed by atoms with E-state index < -0.39 is 0 Å². The molecule has 0 spiro atoms. The summed E-state index contributed by atoms with van der Waals surface area (Å²) in [6, 6.07) is 0. The molecule has 0 fully saturated rings. The Morgan fingerprint density at radius 3 is 1.51 bits per heavy atom. The Morgan fingerprint density at radius 1 is 0.574 bits per heavy atom. The van der Waals surface area contributed by atoms with Crippen LogP contribution in [-0.2, 0) is 23.9 Å². The Balaban J connectivity index is 4.19. The Bertz CT molecular complexity index is 780. The first-order valence-electron chi connectivity index (χ1n) is 19.9. The zero-order chi connectivity index (χ0) is 34.6. The second kappa shape index (κ2) is 35.2. The van der Waals surface area contributed by atoms with Gasteiger partial charge in [0, 0.05) is 6.42 Å². The number of allylic oxidation sites excluding steroid dienone is 2. The quantitative estimate of drug-likeness (QED) is 0.0292. The monoisotopic (exact) mass is 662 g/mol. The third-order valence-electron chi connectivity index (χ3n) is 9.00. The minimum absolute atomic E-state index is 0.0703. The highest BCUT2D eigenvalue weighted by molar-refractivity contribution is 5.87. The fourth-order valence-electron chi connectivity index (χ4n) is 5.89. The summed E-state index contributed by atoms with van der Waals surface area (Å²) in [7, 11) is 0. The highest BCUT2D eigenvalue weighted by Crippen LogP contribution is 2.20. The second-order valence-electron chi connectivity index (χ2n) is 13.4. The Labute approximate surface area is 290 Å². The number of amides is 1. The van der Waals surface area contributed by atoms with Crippen LogP contribution in [0.15, 0.2) is 24.8 Å². The van der Waals surface area contributed by atoms with Gasteiger partial charge in [0.2, 0.25) is 5.91 Å². The van der Waals surface area contributed by atoms with Crippen molar-refractivity contribution in [1.29, 1.82) is 0 Å². The summed E-state index contributed by atoms with van der Waals surface area (Å²) in [5.41, 5.74) is 0. The summed E-state index contributed by atoms with van der Waals surface area (Å²) in [5.74, 6) is -0.690. The normalized spacial score (nSPS) is 11.9. The van der Waals surface area contributed by atoms with Gasteiger partial charge in [0.25, 0.3) is 0 Å². The van der Waals surface area contributed by atoms with Crippen LogP contribution < -0.4 is 0 Å². The molecule has 0 aliphatic rings. The SMILES string of the molecule is C=CC(=O)N(CCOC(=O)CCCCCCC/C=C\CCCCCCCC)CCOC(=O)C(CCCCCC)CCCCCCCC. The van der Waals surface area contributed by atoms with E-state index in [-0.39, 0.29) is 50.1 Å². The molecule has 0 aliphatic heterocycles. The summed E-state index contributed by atoms with van der Waals surface area (Å²) in [6.07, 6.45) is 35.7. The van der Waals surface area contributed by atoms with Crippen molar-refractivity contribution < 1.29 is 23.9 Å². The number of hydrogen-bond acceptors (Lipinski definition) is 5. The smallest absolute Gasteiger partial charge is 0.308 e. The van der Waals surface area contributed by atoms with E-state index in [1.165, 1.54) is 102 Å². The van der Waals surface area contributed by atoms with Gasteiger partial charge in [0.1, 0.15) is 13.2 Å². The molecule has 0 radical (unpaired) electrons. The van der Waals surface area contributed by atoms with Gasteiger partial charge in [0.15, 0.2) is 0 Å². The van der Waals surface area contributed by atoms with E-state index in [9.17, 15) is 14.4 Å². The van der Waals surface area contributed by atoms with Crippen LogP contribution in [0.5, 0.6) is 0 Å². The third kappa shape index (κ3) is 29.7. The molecule has 0 bridgehead atoms. The predicted molar refractivity (Wildman–Crippen MR) is 198 cm³/mol. The molecule has 0 aromatic rings. The molecule has 0 aromatic carbocycles. The molecule has 1 amide bonds. The molecule has 0 aromatic heterocycles. The Hall–Kier alpha value is -2.11. The maximum Gasteiger partial charge on any atom is 0.308 e. The minimum atomic E-state index is -0.252. The number of rotatable bonds is 35. The Morgan fingerprint density at radius 2 is 1.00 bits per heavy atom. The van der Waals surface area contributed by atoms with Crippen LogP contribution in [0.4, 0.5) is 0 Å². The van der Waals surface area contributed by atoms with Crippen molar-refractivity contribution in [3.63, 3.8) is 0 Å². The molecule has 0 rings (SSSR count). The van der Waals surface area contributed by atoms with E-state index in [0.717, 1.165) is 64.2 Å². The summed E-state index contributed by atoms with van der Waals surface area (Å²) >= 11 is 0. The second-order valence-corrected chi connectivity index (χ2v) is 13.4. The van der Waals surface area contributed by atoms with Gasteiger partial charge in [-0.2, -0.15) is 0 Å². The maximum atomic E-state index is 13.0. The molecular formula is C41H75NO5. The summed E-state index contributed by atoms with van der Waals surface area (Å²) < 4.78 is 11.1. The van der Waals surface area contributed by atoms with Crippen LogP contribution in [0.3, 0.4) is 0 Å². The first-order valence-corrected chi connectivity index (χ1v) is 19.9. The number of ether oxygens (including phenoxy) is 2. The van der Waals surface area contributed by atoms with E-state index in [1.54, 1.807) is 4.90 Å². The van der Waals surface area contributed by atoms with Gasteiger partial charge in [0.05, 0.1) is 19.0 Å². The lowest BCUT2D eigenvalue weighted by atomic mass is 9.94. The number of nitrogens with zero attached hydrogens (tertiary/aromatic N) is 1. The molecule has 0 saturated heterocycles.